The minimum absolute atomic E-state index is 0.0114. The van der Waals surface area contributed by atoms with Crippen molar-refractivity contribution in [1.82, 2.24) is 14.9 Å². The maximum absolute atomic E-state index is 11.5. The molecule has 1 aromatic carbocycles. The van der Waals surface area contributed by atoms with Gasteiger partial charge in [0.15, 0.2) is 5.82 Å². The molecule has 1 fully saturated rings. The molecule has 6 heteroatoms. The zero-order chi connectivity index (χ0) is 17.0. The normalized spacial score (nSPS) is 16.9. The van der Waals surface area contributed by atoms with Crippen LogP contribution in [-0.2, 0) is 10.8 Å². The van der Waals surface area contributed by atoms with Crippen molar-refractivity contribution in [3.8, 4) is 11.4 Å². The van der Waals surface area contributed by atoms with Crippen LogP contribution in [0.2, 0.25) is 0 Å². The lowest BCUT2D eigenvalue weighted by molar-refractivity contribution is 0.145. The van der Waals surface area contributed by atoms with E-state index in [9.17, 15) is 4.21 Å². The van der Waals surface area contributed by atoms with E-state index in [4.69, 9.17) is 0 Å². The Balaban J connectivity index is 1.65. The zero-order valence-corrected chi connectivity index (χ0v) is 15.1. The van der Waals surface area contributed by atoms with Crippen molar-refractivity contribution >= 4 is 16.6 Å². The van der Waals surface area contributed by atoms with Gasteiger partial charge in [0.2, 0.25) is 0 Å². The molecule has 128 valence electrons. The summed E-state index contributed by atoms with van der Waals surface area (Å²) in [5, 5.41) is 3.43. The molecule has 0 spiro atoms. The van der Waals surface area contributed by atoms with Gasteiger partial charge in [0.1, 0.15) is 5.82 Å². The fourth-order valence-electron chi connectivity index (χ4n) is 2.85. The maximum Gasteiger partial charge on any atom is 0.161 e. The van der Waals surface area contributed by atoms with E-state index in [1.165, 1.54) is 0 Å². The molecule has 0 saturated carbocycles. The summed E-state index contributed by atoms with van der Waals surface area (Å²) in [5.74, 6) is 3.11. The second kappa shape index (κ2) is 7.40. The molecule has 0 radical (unpaired) electrons. The lowest BCUT2D eigenvalue weighted by Crippen LogP contribution is -2.53. The first-order valence-corrected chi connectivity index (χ1v) is 9.76. The van der Waals surface area contributed by atoms with Crippen molar-refractivity contribution in [2.45, 2.75) is 19.4 Å². The molecule has 0 unspecified atom stereocenters. The van der Waals surface area contributed by atoms with Crippen LogP contribution in [0.15, 0.2) is 42.6 Å². The Kier molecular flexibility index (Phi) is 5.26. The third-order valence-corrected chi connectivity index (χ3v) is 5.70. The molecule has 1 aromatic heterocycles. The van der Waals surface area contributed by atoms with Gasteiger partial charge in [-0.25, -0.2) is 9.97 Å². The highest BCUT2D eigenvalue weighted by Crippen LogP contribution is 2.19. The standard InChI is InChI=1S/C18H24N4OS/c1-18(2,22-10-12-24(23)13-11-22)14-20-16-8-9-19-17(21-16)15-6-4-3-5-7-15/h3-9H,10-14H2,1-2H3,(H,19,20,21). The predicted molar refractivity (Wildman–Crippen MR) is 99.5 cm³/mol. The number of nitrogens with zero attached hydrogens (tertiary/aromatic N) is 3. The average Bonchev–Trinajstić information content (AvgIpc) is 2.61. The van der Waals surface area contributed by atoms with E-state index in [0.29, 0.717) is 0 Å². The molecule has 1 saturated heterocycles. The van der Waals surface area contributed by atoms with Gasteiger partial charge in [0.25, 0.3) is 0 Å². The number of nitrogens with one attached hydrogen (secondary N) is 1. The van der Waals surface area contributed by atoms with Crippen LogP contribution < -0.4 is 5.32 Å². The summed E-state index contributed by atoms with van der Waals surface area (Å²) in [7, 11) is -0.643. The number of benzene rings is 1. The molecular weight excluding hydrogens is 320 g/mol. The van der Waals surface area contributed by atoms with Gasteiger partial charge in [-0.3, -0.25) is 9.11 Å². The van der Waals surface area contributed by atoms with Crippen LogP contribution in [0.1, 0.15) is 13.8 Å². The van der Waals surface area contributed by atoms with Crippen molar-refractivity contribution in [2.75, 3.05) is 36.5 Å². The van der Waals surface area contributed by atoms with E-state index in [1.54, 1.807) is 6.20 Å². The first-order chi connectivity index (χ1) is 11.5. The average molecular weight is 344 g/mol. The van der Waals surface area contributed by atoms with Gasteiger partial charge in [-0.2, -0.15) is 0 Å². The zero-order valence-electron chi connectivity index (χ0n) is 14.2. The highest BCUT2D eigenvalue weighted by molar-refractivity contribution is 7.85. The first-order valence-electron chi connectivity index (χ1n) is 8.27. The van der Waals surface area contributed by atoms with Crippen LogP contribution in [-0.4, -0.2) is 55.8 Å². The molecular formula is C18H24N4OS. The van der Waals surface area contributed by atoms with Crippen LogP contribution in [0.3, 0.4) is 0 Å². The smallest absolute Gasteiger partial charge is 0.161 e. The van der Waals surface area contributed by atoms with Crippen LogP contribution in [0, 0.1) is 0 Å². The van der Waals surface area contributed by atoms with Crippen molar-refractivity contribution in [2.24, 2.45) is 0 Å². The van der Waals surface area contributed by atoms with Gasteiger partial charge in [0.05, 0.1) is 0 Å². The molecule has 1 aliphatic heterocycles. The maximum atomic E-state index is 11.5. The fraction of sp³-hybridized carbons (Fsp3) is 0.444. The van der Waals surface area contributed by atoms with Crippen molar-refractivity contribution in [1.29, 1.82) is 0 Å². The Hall–Kier alpha value is -1.79. The number of hydrogen-bond donors (Lipinski definition) is 1. The van der Waals surface area contributed by atoms with Crippen molar-refractivity contribution in [3.05, 3.63) is 42.6 Å². The Morgan fingerprint density at radius 3 is 2.58 bits per heavy atom. The number of rotatable bonds is 5. The molecule has 3 rings (SSSR count). The van der Waals surface area contributed by atoms with Gasteiger partial charge in [-0.1, -0.05) is 30.3 Å². The third-order valence-electron chi connectivity index (χ3n) is 4.42. The predicted octanol–water partition coefficient (Wildman–Crippen LogP) is 2.40. The van der Waals surface area contributed by atoms with E-state index < -0.39 is 10.8 Å². The lowest BCUT2D eigenvalue weighted by Gasteiger charge is -2.40. The van der Waals surface area contributed by atoms with Gasteiger partial charge in [-0.15, -0.1) is 0 Å². The van der Waals surface area contributed by atoms with E-state index in [1.807, 2.05) is 36.4 Å². The third kappa shape index (κ3) is 4.19. The molecule has 0 atom stereocenters. The van der Waals surface area contributed by atoms with E-state index in [2.05, 4.69) is 34.0 Å². The van der Waals surface area contributed by atoms with Crippen LogP contribution in [0.5, 0.6) is 0 Å². The fourth-order valence-corrected chi connectivity index (χ4v) is 3.90. The topological polar surface area (TPSA) is 58.1 Å². The second-order valence-electron chi connectivity index (χ2n) is 6.63. The highest BCUT2D eigenvalue weighted by atomic mass is 32.2. The highest BCUT2D eigenvalue weighted by Gasteiger charge is 2.29. The number of aromatic nitrogens is 2. The minimum Gasteiger partial charge on any atom is -0.368 e. The molecule has 0 amide bonds. The number of hydrogen-bond acceptors (Lipinski definition) is 5. The summed E-state index contributed by atoms with van der Waals surface area (Å²) >= 11 is 0. The van der Waals surface area contributed by atoms with Crippen LogP contribution >= 0.6 is 0 Å². The Morgan fingerprint density at radius 1 is 1.17 bits per heavy atom. The first kappa shape index (κ1) is 17.0. The van der Waals surface area contributed by atoms with Gasteiger partial charge >= 0.3 is 0 Å². The van der Waals surface area contributed by atoms with Gasteiger partial charge in [0, 0.05) is 59.2 Å². The summed E-state index contributed by atoms with van der Waals surface area (Å²) in [6, 6.07) is 11.9. The van der Waals surface area contributed by atoms with Gasteiger partial charge in [-0.05, 0) is 19.9 Å². The molecule has 1 aliphatic rings. The Morgan fingerprint density at radius 2 is 1.88 bits per heavy atom. The van der Waals surface area contributed by atoms with Gasteiger partial charge < -0.3 is 5.32 Å². The lowest BCUT2D eigenvalue weighted by atomic mass is 10.0. The Bertz CT molecular complexity index is 695. The molecule has 5 nitrogen and oxygen atoms in total. The Labute approximate surface area is 146 Å². The minimum atomic E-state index is -0.643. The summed E-state index contributed by atoms with van der Waals surface area (Å²) < 4.78 is 11.5. The van der Waals surface area contributed by atoms with Crippen molar-refractivity contribution in [3.63, 3.8) is 0 Å². The van der Waals surface area contributed by atoms with Crippen molar-refractivity contribution < 1.29 is 4.21 Å². The SMILES string of the molecule is CC(C)(CNc1ccnc(-c2ccccc2)n1)N1CCS(=O)CC1. The largest absolute Gasteiger partial charge is 0.368 e. The van der Waals surface area contributed by atoms with E-state index in [0.717, 1.165) is 48.3 Å². The van der Waals surface area contributed by atoms with E-state index >= 15 is 0 Å². The quantitative estimate of drug-likeness (QED) is 0.902. The number of anilines is 1. The monoisotopic (exact) mass is 344 g/mol. The van der Waals surface area contributed by atoms with Crippen LogP contribution in [0.25, 0.3) is 11.4 Å². The second-order valence-corrected chi connectivity index (χ2v) is 8.33. The molecule has 24 heavy (non-hydrogen) atoms. The molecule has 0 aliphatic carbocycles. The summed E-state index contributed by atoms with van der Waals surface area (Å²) in [6.07, 6.45) is 1.79. The summed E-state index contributed by atoms with van der Waals surface area (Å²) in [4.78, 5) is 11.4. The van der Waals surface area contributed by atoms with E-state index in [-0.39, 0.29) is 5.54 Å². The molecule has 0 bridgehead atoms. The molecule has 2 aromatic rings. The molecule has 2 heterocycles. The summed E-state index contributed by atoms with van der Waals surface area (Å²) in [5.41, 5.74) is 1.00. The summed E-state index contributed by atoms with van der Waals surface area (Å²) in [6.45, 7) is 6.99. The van der Waals surface area contributed by atoms with Crippen LogP contribution in [0.4, 0.5) is 5.82 Å². The molecule has 1 N–H and O–H groups in total.